The molecule has 2 aromatic carbocycles. The summed E-state index contributed by atoms with van der Waals surface area (Å²) in [6.07, 6.45) is 0. The van der Waals surface area contributed by atoms with E-state index in [1.54, 1.807) is 4.68 Å². The number of ether oxygens (including phenoxy) is 1. The maximum atomic E-state index is 13.3. The number of tetrazole rings is 1. The van der Waals surface area contributed by atoms with E-state index in [9.17, 15) is 4.79 Å². The van der Waals surface area contributed by atoms with E-state index >= 15 is 0 Å². The highest BCUT2D eigenvalue weighted by atomic mass is 16.5. The predicted octanol–water partition coefficient (Wildman–Crippen LogP) is 2.60. The highest BCUT2D eigenvalue weighted by Crippen LogP contribution is 2.28. The molecule has 1 atom stereocenters. The van der Waals surface area contributed by atoms with Gasteiger partial charge in [-0.05, 0) is 64.5 Å². The van der Waals surface area contributed by atoms with E-state index in [0.29, 0.717) is 44.2 Å². The lowest BCUT2D eigenvalue weighted by Crippen LogP contribution is -2.42. The molecule has 164 valence electrons. The van der Waals surface area contributed by atoms with Crippen LogP contribution in [0.5, 0.6) is 0 Å². The zero-order valence-corrected chi connectivity index (χ0v) is 18.3. The van der Waals surface area contributed by atoms with Crippen molar-refractivity contribution in [2.75, 3.05) is 26.3 Å². The fourth-order valence-corrected chi connectivity index (χ4v) is 4.31. The van der Waals surface area contributed by atoms with Crippen LogP contribution in [0.2, 0.25) is 0 Å². The summed E-state index contributed by atoms with van der Waals surface area (Å²) in [7, 11) is 0. The van der Waals surface area contributed by atoms with Crippen LogP contribution < -0.4 is 5.56 Å². The summed E-state index contributed by atoms with van der Waals surface area (Å²) >= 11 is 0. The smallest absolute Gasteiger partial charge is 0.253 e. The lowest BCUT2D eigenvalue weighted by atomic mass is 10.0. The Bertz CT molecular complexity index is 1290. The molecule has 4 aromatic rings. The average Bonchev–Trinajstić information content (AvgIpc) is 3.25. The minimum atomic E-state index is -0.368. The fraction of sp³-hybridized carbons (Fsp3) is 0.333. The minimum Gasteiger partial charge on any atom is -0.379 e. The number of aromatic nitrogens is 5. The number of nitrogens with zero attached hydrogens (tertiary/aromatic N) is 5. The van der Waals surface area contributed by atoms with E-state index in [2.05, 4.69) is 45.3 Å². The Hall–Kier alpha value is -3.36. The number of pyridine rings is 1. The number of hydrogen-bond donors (Lipinski definition) is 1. The van der Waals surface area contributed by atoms with Crippen molar-refractivity contribution in [1.29, 1.82) is 0 Å². The van der Waals surface area contributed by atoms with Gasteiger partial charge in [0.25, 0.3) is 5.56 Å². The average molecular weight is 431 g/mol. The molecule has 0 unspecified atom stereocenters. The largest absolute Gasteiger partial charge is 0.379 e. The van der Waals surface area contributed by atoms with Crippen LogP contribution in [0.4, 0.5) is 0 Å². The van der Waals surface area contributed by atoms with Gasteiger partial charge in [0.2, 0.25) is 0 Å². The molecule has 0 aliphatic carbocycles. The molecule has 1 saturated heterocycles. The molecule has 1 aliphatic heterocycles. The number of aromatic amines is 1. The summed E-state index contributed by atoms with van der Waals surface area (Å²) < 4.78 is 7.36. The van der Waals surface area contributed by atoms with Gasteiger partial charge in [-0.3, -0.25) is 9.69 Å². The number of hydrogen-bond acceptors (Lipinski definition) is 6. The quantitative estimate of drug-likeness (QED) is 0.524. The van der Waals surface area contributed by atoms with Crippen LogP contribution >= 0.6 is 0 Å². The number of benzene rings is 2. The van der Waals surface area contributed by atoms with Gasteiger partial charge >= 0.3 is 0 Å². The van der Waals surface area contributed by atoms with E-state index in [-0.39, 0.29) is 11.6 Å². The Morgan fingerprint density at radius 2 is 1.81 bits per heavy atom. The lowest BCUT2D eigenvalue weighted by molar-refractivity contribution is 0.0214. The zero-order chi connectivity index (χ0) is 22.1. The molecule has 8 nitrogen and oxygen atoms in total. The standard InChI is InChI=1S/C24H26N6O2/c1-16-12-19-14-20(24(31)25-21(19)13-17(16)2)22(29-8-10-32-11-9-29)23-26-27-28-30(23)15-18-6-4-3-5-7-18/h3-7,12-14,22H,8-11,15H2,1-2H3,(H,25,31)/t22-/m1/s1. The summed E-state index contributed by atoms with van der Waals surface area (Å²) in [6, 6.07) is 15.8. The van der Waals surface area contributed by atoms with Crippen LogP contribution in [-0.2, 0) is 11.3 Å². The molecule has 1 aliphatic rings. The van der Waals surface area contributed by atoms with Crippen LogP contribution in [0.3, 0.4) is 0 Å². The van der Waals surface area contributed by atoms with E-state index in [4.69, 9.17) is 4.74 Å². The molecule has 3 heterocycles. The molecule has 0 amide bonds. The van der Waals surface area contributed by atoms with Crippen LogP contribution in [0.25, 0.3) is 10.9 Å². The number of nitrogens with one attached hydrogen (secondary N) is 1. The highest BCUT2D eigenvalue weighted by Gasteiger charge is 2.31. The van der Waals surface area contributed by atoms with Crippen molar-refractivity contribution in [1.82, 2.24) is 30.1 Å². The van der Waals surface area contributed by atoms with E-state index in [1.165, 1.54) is 5.56 Å². The molecule has 1 fully saturated rings. The van der Waals surface area contributed by atoms with Crippen molar-refractivity contribution < 1.29 is 4.74 Å². The van der Waals surface area contributed by atoms with Crippen molar-refractivity contribution in [2.45, 2.75) is 26.4 Å². The van der Waals surface area contributed by atoms with Gasteiger partial charge in [0, 0.05) is 24.2 Å². The van der Waals surface area contributed by atoms with Crippen molar-refractivity contribution in [2.24, 2.45) is 0 Å². The van der Waals surface area contributed by atoms with Gasteiger partial charge in [-0.25, -0.2) is 4.68 Å². The summed E-state index contributed by atoms with van der Waals surface area (Å²) in [5, 5.41) is 13.6. The van der Waals surface area contributed by atoms with Crippen LogP contribution in [-0.4, -0.2) is 56.4 Å². The number of rotatable bonds is 5. The first kappa shape index (κ1) is 20.5. The third-order valence-electron chi connectivity index (χ3n) is 6.17. The Labute approximate surface area is 185 Å². The van der Waals surface area contributed by atoms with E-state index in [0.717, 1.165) is 22.0 Å². The van der Waals surface area contributed by atoms with Gasteiger partial charge in [-0.2, -0.15) is 0 Å². The number of H-pyrrole nitrogens is 1. The van der Waals surface area contributed by atoms with E-state index in [1.807, 2.05) is 42.5 Å². The van der Waals surface area contributed by atoms with Crippen LogP contribution in [0.1, 0.15) is 34.1 Å². The summed E-state index contributed by atoms with van der Waals surface area (Å²) in [4.78, 5) is 18.6. The fourth-order valence-electron chi connectivity index (χ4n) is 4.31. The van der Waals surface area contributed by atoms with Crippen molar-refractivity contribution in [3.05, 3.63) is 87.0 Å². The Morgan fingerprint density at radius 3 is 2.59 bits per heavy atom. The van der Waals surface area contributed by atoms with Gasteiger partial charge < -0.3 is 9.72 Å². The van der Waals surface area contributed by atoms with Gasteiger partial charge in [0.15, 0.2) is 5.82 Å². The predicted molar refractivity (Wildman–Crippen MR) is 122 cm³/mol. The molecule has 8 heteroatoms. The first-order valence-corrected chi connectivity index (χ1v) is 10.9. The zero-order valence-electron chi connectivity index (χ0n) is 18.3. The van der Waals surface area contributed by atoms with Crippen molar-refractivity contribution >= 4 is 10.9 Å². The maximum Gasteiger partial charge on any atom is 0.253 e. The van der Waals surface area contributed by atoms with Crippen molar-refractivity contribution in [3.8, 4) is 0 Å². The molecule has 0 bridgehead atoms. The summed E-state index contributed by atoms with van der Waals surface area (Å²) in [5.74, 6) is 0.657. The molecule has 5 rings (SSSR count). The highest BCUT2D eigenvalue weighted by molar-refractivity contribution is 5.81. The molecular formula is C24H26N6O2. The molecule has 1 N–H and O–H groups in total. The number of morpholine rings is 1. The Kier molecular flexibility index (Phi) is 5.55. The summed E-state index contributed by atoms with van der Waals surface area (Å²) in [5.41, 5.74) is 4.80. The van der Waals surface area contributed by atoms with Gasteiger partial charge in [-0.1, -0.05) is 30.3 Å². The molecule has 32 heavy (non-hydrogen) atoms. The summed E-state index contributed by atoms with van der Waals surface area (Å²) in [6.45, 7) is 7.30. The molecule has 0 saturated carbocycles. The monoisotopic (exact) mass is 430 g/mol. The number of fused-ring (bicyclic) bond motifs is 1. The normalized spacial score (nSPS) is 15.8. The third kappa shape index (κ3) is 3.94. The molecule has 0 spiro atoms. The van der Waals surface area contributed by atoms with Crippen LogP contribution in [0.15, 0.2) is 53.3 Å². The van der Waals surface area contributed by atoms with Crippen molar-refractivity contribution in [3.63, 3.8) is 0 Å². The second-order valence-corrected chi connectivity index (χ2v) is 8.31. The Morgan fingerprint density at radius 1 is 1.06 bits per heavy atom. The second-order valence-electron chi connectivity index (χ2n) is 8.31. The van der Waals surface area contributed by atoms with Gasteiger partial charge in [0.1, 0.15) is 6.04 Å². The second kappa shape index (κ2) is 8.64. The SMILES string of the molecule is Cc1cc2cc([C@H](c3nnnn3Cc3ccccc3)N3CCOCC3)c(=O)[nH]c2cc1C. The third-order valence-corrected chi connectivity index (χ3v) is 6.17. The minimum absolute atomic E-state index is 0.119. The topological polar surface area (TPSA) is 88.9 Å². The first-order chi connectivity index (χ1) is 15.6. The molecular weight excluding hydrogens is 404 g/mol. The molecule has 2 aromatic heterocycles. The van der Waals surface area contributed by atoms with Gasteiger partial charge in [-0.15, -0.1) is 5.10 Å². The first-order valence-electron chi connectivity index (χ1n) is 10.9. The Balaban J connectivity index is 1.63. The molecule has 0 radical (unpaired) electrons. The van der Waals surface area contributed by atoms with Crippen LogP contribution in [0, 0.1) is 13.8 Å². The number of aryl methyl sites for hydroxylation is 2. The lowest BCUT2D eigenvalue weighted by Gasteiger charge is -2.33. The van der Waals surface area contributed by atoms with Gasteiger partial charge in [0.05, 0.1) is 19.8 Å². The van der Waals surface area contributed by atoms with E-state index < -0.39 is 0 Å². The maximum absolute atomic E-state index is 13.3.